The van der Waals surface area contributed by atoms with Gasteiger partial charge in [0.2, 0.25) is 0 Å². The van der Waals surface area contributed by atoms with Gasteiger partial charge in [-0.1, -0.05) is 22.9 Å². The van der Waals surface area contributed by atoms with Crippen LogP contribution in [0, 0.1) is 6.92 Å². The van der Waals surface area contributed by atoms with Crippen molar-refractivity contribution in [1.82, 2.24) is 20.0 Å². The molecule has 0 atom stereocenters. The molecule has 16 heavy (non-hydrogen) atoms. The molecule has 0 aliphatic carbocycles. The van der Waals surface area contributed by atoms with E-state index in [1.807, 2.05) is 36.4 Å². The van der Waals surface area contributed by atoms with Crippen molar-refractivity contribution in [3.8, 4) is 5.69 Å². The quantitative estimate of drug-likeness (QED) is 0.618. The Bertz CT molecular complexity index is 625. The number of rotatable bonds is 1. The molecule has 3 rings (SSSR count). The summed E-state index contributed by atoms with van der Waals surface area (Å²) < 4.78 is 1.74. The molecule has 0 saturated heterocycles. The monoisotopic (exact) mass is 210 g/mol. The summed E-state index contributed by atoms with van der Waals surface area (Å²) in [7, 11) is 0. The Morgan fingerprint density at radius 3 is 2.69 bits per heavy atom. The Morgan fingerprint density at radius 2 is 1.88 bits per heavy atom. The van der Waals surface area contributed by atoms with E-state index in [-0.39, 0.29) is 0 Å². The summed E-state index contributed by atoms with van der Waals surface area (Å²) in [4.78, 5) is 4.28. The molecule has 4 nitrogen and oxygen atoms in total. The molecule has 3 aromatic rings. The number of aromatic nitrogens is 4. The van der Waals surface area contributed by atoms with E-state index in [2.05, 4.69) is 22.2 Å². The number of hydrogen-bond donors (Lipinski definition) is 0. The van der Waals surface area contributed by atoms with Crippen molar-refractivity contribution in [2.45, 2.75) is 6.92 Å². The highest BCUT2D eigenvalue weighted by atomic mass is 15.4. The minimum Gasteiger partial charge on any atom is -0.235 e. The molecule has 0 radical (unpaired) electrons. The maximum Gasteiger partial charge on any atom is 0.183 e. The second-order valence-electron chi connectivity index (χ2n) is 3.68. The van der Waals surface area contributed by atoms with Crippen molar-refractivity contribution in [2.75, 3.05) is 0 Å². The third kappa shape index (κ3) is 1.35. The highest BCUT2D eigenvalue weighted by molar-refractivity contribution is 5.71. The van der Waals surface area contributed by atoms with Crippen molar-refractivity contribution < 1.29 is 0 Å². The molecule has 0 saturated carbocycles. The zero-order valence-electron chi connectivity index (χ0n) is 8.83. The molecule has 0 N–H and O–H groups in total. The van der Waals surface area contributed by atoms with E-state index >= 15 is 0 Å². The molecule has 0 aliphatic heterocycles. The smallest absolute Gasteiger partial charge is 0.183 e. The van der Waals surface area contributed by atoms with E-state index in [9.17, 15) is 0 Å². The third-order valence-corrected chi connectivity index (χ3v) is 2.49. The van der Waals surface area contributed by atoms with E-state index in [1.165, 1.54) is 5.56 Å². The molecule has 0 bridgehead atoms. The molecule has 0 aliphatic rings. The van der Waals surface area contributed by atoms with Crippen LogP contribution in [0.4, 0.5) is 0 Å². The summed E-state index contributed by atoms with van der Waals surface area (Å²) in [5, 5.41) is 8.17. The Hall–Kier alpha value is -2.23. The fourth-order valence-electron chi connectivity index (χ4n) is 1.62. The van der Waals surface area contributed by atoms with Gasteiger partial charge in [0, 0.05) is 6.20 Å². The number of fused-ring (bicyclic) bond motifs is 1. The van der Waals surface area contributed by atoms with Crippen LogP contribution >= 0.6 is 0 Å². The summed E-state index contributed by atoms with van der Waals surface area (Å²) in [6.07, 6.45) is 1.75. The average Bonchev–Trinajstić information content (AvgIpc) is 2.74. The van der Waals surface area contributed by atoms with E-state index in [1.54, 1.807) is 10.9 Å². The van der Waals surface area contributed by atoms with E-state index < -0.39 is 0 Å². The lowest BCUT2D eigenvalue weighted by Crippen LogP contribution is -1.97. The zero-order chi connectivity index (χ0) is 11.0. The molecule has 0 spiro atoms. The van der Waals surface area contributed by atoms with Crippen molar-refractivity contribution in [3.63, 3.8) is 0 Å². The first kappa shape index (κ1) is 9.03. The van der Waals surface area contributed by atoms with Crippen LogP contribution in [0.25, 0.3) is 16.9 Å². The topological polar surface area (TPSA) is 43.6 Å². The molecule has 2 aromatic heterocycles. The van der Waals surface area contributed by atoms with Crippen molar-refractivity contribution in [3.05, 3.63) is 48.2 Å². The largest absolute Gasteiger partial charge is 0.235 e. The van der Waals surface area contributed by atoms with E-state index in [0.717, 1.165) is 16.9 Å². The summed E-state index contributed by atoms with van der Waals surface area (Å²) in [6.45, 7) is 2.06. The molecule has 4 heteroatoms. The number of aryl methyl sites for hydroxylation is 1. The van der Waals surface area contributed by atoms with Gasteiger partial charge in [0.05, 0.1) is 5.69 Å². The van der Waals surface area contributed by atoms with Gasteiger partial charge in [0.1, 0.15) is 5.52 Å². The molecule has 2 heterocycles. The Kier molecular flexibility index (Phi) is 1.93. The second-order valence-corrected chi connectivity index (χ2v) is 3.68. The van der Waals surface area contributed by atoms with E-state index in [0.29, 0.717) is 0 Å². The van der Waals surface area contributed by atoms with Gasteiger partial charge in [-0.2, -0.15) is 4.68 Å². The SMILES string of the molecule is Cc1ccc(-n2nnc3cccnc32)cc1. The number of benzene rings is 1. The summed E-state index contributed by atoms with van der Waals surface area (Å²) in [5.74, 6) is 0. The van der Waals surface area contributed by atoms with Crippen LogP contribution in [-0.2, 0) is 0 Å². The van der Waals surface area contributed by atoms with Crippen molar-refractivity contribution >= 4 is 11.2 Å². The van der Waals surface area contributed by atoms with Gasteiger partial charge in [0.25, 0.3) is 0 Å². The van der Waals surface area contributed by atoms with Gasteiger partial charge in [0.15, 0.2) is 5.65 Å². The van der Waals surface area contributed by atoms with Gasteiger partial charge in [-0.25, -0.2) is 4.98 Å². The fraction of sp³-hybridized carbons (Fsp3) is 0.0833. The fourth-order valence-corrected chi connectivity index (χ4v) is 1.62. The van der Waals surface area contributed by atoms with Crippen LogP contribution in [-0.4, -0.2) is 20.0 Å². The Balaban J connectivity index is 2.22. The average molecular weight is 210 g/mol. The van der Waals surface area contributed by atoms with Crippen LogP contribution in [0.2, 0.25) is 0 Å². The number of pyridine rings is 1. The number of nitrogens with zero attached hydrogens (tertiary/aromatic N) is 4. The molecule has 78 valence electrons. The molecule has 0 unspecified atom stereocenters. The minimum absolute atomic E-state index is 0.784. The first-order valence-electron chi connectivity index (χ1n) is 5.08. The lowest BCUT2D eigenvalue weighted by Gasteiger charge is -2.01. The standard InChI is InChI=1S/C12H10N4/c1-9-4-6-10(7-5-9)16-12-11(14-15-16)3-2-8-13-12/h2-8H,1H3. The first-order chi connectivity index (χ1) is 7.84. The van der Waals surface area contributed by atoms with Crippen LogP contribution in [0.15, 0.2) is 42.6 Å². The highest BCUT2D eigenvalue weighted by Gasteiger charge is 2.05. The zero-order valence-corrected chi connectivity index (χ0v) is 8.83. The van der Waals surface area contributed by atoms with Crippen LogP contribution in [0.1, 0.15) is 5.56 Å². The molecule has 1 aromatic carbocycles. The van der Waals surface area contributed by atoms with Crippen LogP contribution < -0.4 is 0 Å². The maximum absolute atomic E-state index is 4.28. The van der Waals surface area contributed by atoms with Crippen LogP contribution in [0.3, 0.4) is 0 Å². The predicted molar refractivity (Wildman–Crippen MR) is 61.4 cm³/mol. The lowest BCUT2D eigenvalue weighted by atomic mass is 10.2. The van der Waals surface area contributed by atoms with Crippen molar-refractivity contribution in [2.24, 2.45) is 0 Å². The van der Waals surface area contributed by atoms with Gasteiger partial charge in [-0.3, -0.25) is 0 Å². The second kappa shape index (κ2) is 3.41. The van der Waals surface area contributed by atoms with Gasteiger partial charge in [-0.05, 0) is 31.2 Å². The summed E-state index contributed by atoms with van der Waals surface area (Å²) in [5.41, 5.74) is 3.79. The molecule has 0 amide bonds. The Labute approximate surface area is 92.6 Å². The molecular formula is C12H10N4. The predicted octanol–water partition coefficient (Wildman–Crippen LogP) is 2.12. The molecular weight excluding hydrogens is 200 g/mol. The summed E-state index contributed by atoms with van der Waals surface area (Å²) in [6, 6.07) is 11.9. The third-order valence-electron chi connectivity index (χ3n) is 2.49. The van der Waals surface area contributed by atoms with Gasteiger partial charge in [-0.15, -0.1) is 5.10 Å². The van der Waals surface area contributed by atoms with E-state index in [4.69, 9.17) is 0 Å². The maximum atomic E-state index is 4.28. The molecule has 0 fully saturated rings. The van der Waals surface area contributed by atoms with Gasteiger partial charge >= 0.3 is 0 Å². The lowest BCUT2D eigenvalue weighted by molar-refractivity contribution is 0.817. The summed E-state index contributed by atoms with van der Waals surface area (Å²) >= 11 is 0. The number of hydrogen-bond acceptors (Lipinski definition) is 3. The highest BCUT2D eigenvalue weighted by Crippen LogP contribution is 2.13. The Morgan fingerprint density at radius 1 is 1.06 bits per heavy atom. The minimum atomic E-state index is 0.784. The van der Waals surface area contributed by atoms with Gasteiger partial charge < -0.3 is 0 Å². The normalized spacial score (nSPS) is 10.8. The van der Waals surface area contributed by atoms with Crippen molar-refractivity contribution in [1.29, 1.82) is 0 Å². The van der Waals surface area contributed by atoms with Crippen LogP contribution in [0.5, 0.6) is 0 Å². The first-order valence-corrected chi connectivity index (χ1v) is 5.08.